The lowest BCUT2D eigenvalue weighted by Gasteiger charge is -2.40. The average Bonchev–Trinajstić information content (AvgIpc) is 2.43. The van der Waals surface area contributed by atoms with Gasteiger partial charge in [-0.25, -0.2) is 0 Å². The SMILES string of the molecule is CCC1OCC(C(C)C)(C(C)C)[C@@H]1N. The highest BCUT2D eigenvalue weighted by molar-refractivity contribution is 5.01. The Balaban J connectivity index is 2.90. The molecule has 0 aromatic heterocycles. The van der Waals surface area contributed by atoms with Crippen LogP contribution in [0.1, 0.15) is 41.0 Å². The van der Waals surface area contributed by atoms with E-state index in [0.717, 1.165) is 13.0 Å². The maximum absolute atomic E-state index is 6.35. The summed E-state index contributed by atoms with van der Waals surface area (Å²) in [4.78, 5) is 0. The van der Waals surface area contributed by atoms with Crippen molar-refractivity contribution in [2.75, 3.05) is 6.61 Å². The van der Waals surface area contributed by atoms with Crippen molar-refractivity contribution in [2.24, 2.45) is 23.0 Å². The van der Waals surface area contributed by atoms with Gasteiger partial charge in [0.25, 0.3) is 0 Å². The zero-order chi connectivity index (χ0) is 10.9. The number of nitrogens with two attached hydrogens (primary N) is 1. The summed E-state index contributed by atoms with van der Waals surface area (Å²) in [6.07, 6.45) is 1.29. The molecule has 1 rings (SSSR count). The molecule has 0 aliphatic carbocycles. The summed E-state index contributed by atoms with van der Waals surface area (Å²) >= 11 is 0. The molecular weight excluding hydrogens is 174 g/mol. The smallest absolute Gasteiger partial charge is 0.0730 e. The first kappa shape index (κ1) is 12.0. The van der Waals surface area contributed by atoms with Crippen LogP contribution >= 0.6 is 0 Å². The Morgan fingerprint density at radius 2 is 1.79 bits per heavy atom. The fraction of sp³-hybridized carbons (Fsp3) is 1.00. The molecule has 2 N–H and O–H groups in total. The summed E-state index contributed by atoms with van der Waals surface area (Å²) in [6.45, 7) is 12.0. The normalized spacial score (nSPS) is 31.7. The molecule has 0 spiro atoms. The molecule has 84 valence electrons. The highest BCUT2D eigenvalue weighted by Gasteiger charge is 2.50. The first-order valence-electron chi connectivity index (χ1n) is 5.84. The summed E-state index contributed by atoms with van der Waals surface area (Å²) < 4.78 is 5.83. The molecule has 0 aromatic carbocycles. The molecule has 1 fully saturated rings. The zero-order valence-electron chi connectivity index (χ0n) is 10.2. The monoisotopic (exact) mass is 199 g/mol. The minimum absolute atomic E-state index is 0.181. The molecule has 0 amide bonds. The highest BCUT2D eigenvalue weighted by Crippen LogP contribution is 2.45. The first-order valence-corrected chi connectivity index (χ1v) is 5.84. The Bertz CT molecular complexity index is 181. The van der Waals surface area contributed by atoms with Crippen LogP contribution in [-0.2, 0) is 4.74 Å². The molecule has 1 unspecified atom stereocenters. The van der Waals surface area contributed by atoms with E-state index in [2.05, 4.69) is 34.6 Å². The van der Waals surface area contributed by atoms with Crippen LogP contribution in [-0.4, -0.2) is 18.8 Å². The molecular formula is C12H25NO. The van der Waals surface area contributed by atoms with Gasteiger partial charge in [-0.15, -0.1) is 0 Å². The van der Waals surface area contributed by atoms with Gasteiger partial charge < -0.3 is 10.5 Å². The van der Waals surface area contributed by atoms with E-state index in [1.165, 1.54) is 0 Å². The molecule has 2 atom stereocenters. The van der Waals surface area contributed by atoms with E-state index in [4.69, 9.17) is 10.5 Å². The molecule has 1 aliphatic heterocycles. The molecule has 1 saturated heterocycles. The Hall–Kier alpha value is -0.0800. The largest absolute Gasteiger partial charge is 0.376 e. The van der Waals surface area contributed by atoms with Crippen LogP contribution in [0.4, 0.5) is 0 Å². The van der Waals surface area contributed by atoms with Gasteiger partial charge in [-0.2, -0.15) is 0 Å². The zero-order valence-corrected chi connectivity index (χ0v) is 10.2. The number of hydrogen-bond acceptors (Lipinski definition) is 2. The maximum Gasteiger partial charge on any atom is 0.0730 e. The second-order valence-corrected chi connectivity index (χ2v) is 5.21. The van der Waals surface area contributed by atoms with Crippen molar-refractivity contribution in [3.8, 4) is 0 Å². The van der Waals surface area contributed by atoms with E-state index in [9.17, 15) is 0 Å². The molecule has 0 radical (unpaired) electrons. The van der Waals surface area contributed by atoms with E-state index < -0.39 is 0 Å². The molecule has 2 nitrogen and oxygen atoms in total. The molecule has 2 heteroatoms. The summed E-state index contributed by atoms with van der Waals surface area (Å²) in [6, 6.07) is 0.201. The predicted octanol–water partition coefficient (Wildman–Crippen LogP) is 2.42. The van der Waals surface area contributed by atoms with Gasteiger partial charge in [0.05, 0.1) is 12.7 Å². The van der Waals surface area contributed by atoms with Gasteiger partial charge in [0.1, 0.15) is 0 Å². The number of hydrogen-bond donors (Lipinski definition) is 1. The Morgan fingerprint density at radius 1 is 1.29 bits per heavy atom. The van der Waals surface area contributed by atoms with Crippen LogP contribution in [0.15, 0.2) is 0 Å². The van der Waals surface area contributed by atoms with Gasteiger partial charge in [0, 0.05) is 11.5 Å². The third-order valence-corrected chi connectivity index (χ3v) is 4.12. The number of ether oxygens (including phenoxy) is 1. The van der Waals surface area contributed by atoms with E-state index in [1.807, 2.05) is 0 Å². The van der Waals surface area contributed by atoms with E-state index in [-0.39, 0.29) is 17.6 Å². The van der Waals surface area contributed by atoms with E-state index in [1.54, 1.807) is 0 Å². The Kier molecular flexibility index (Phi) is 3.59. The molecule has 1 heterocycles. The lowest BCUT2D eigenvalue weighted by Crippen LogP contribution is -2.50. The lowest BCUT2D eigenvalue weighted by molar-refractivity contribution is 0.0581. The summed E-state index contributed by atoms with van der Waals surface area (Å²) in [5.74, 6) is 1.18. The van der Waals surface area contributed by atoms with Gasteiger partial charge in [0.15, 0.2) is 0 Å². The van der Waals surface area contributed by atoms with Crippen LogP contribution in [0.3, 0.4) is 0 Å². The van der Waals surface area contributed by atoms with E-state index in [0.29, 0.717) is 11.8 Å². The summed E-state index contributed by atoms with van der Waals surface area (Å²) in [7, 11) is 0. The third kappa shape index (κ3) is 1.59. The molecule has 0 bridgehead atoms. The van der Waals surface area contributed by atoms with Crippen molar-refractivity contribution in [1.82, 2.24) is 0 Å². The highest BCUT2D eigenvalue weighted by atomic mass is 16.5. The predicted molar refractivity (Wildman–Crippen MR) is 60.1 cm³/mol. The van der Waals surface area contributed by atoms with Crippen LogP contribution in [0, 0.1) is 17.3 Å². The summed E-state index contributed by atoms with van der Waals surface area (Å²) in [5.41, 5.74) is 6.53. The van der Waals surface area contributed by atoms with Crippen molar-refractivity contribution in [1.29, 1.82) is 0 Å². The standard InChI is InChI=1S/C12H25NO/c1-6-10-11(13)12(7-14-10,8(2)3)9(4)5/h8-11H,6-7,13H2,1-5H3/t10?,11-/m1/s1. The van der Waals surface area contributed by atoms with Crippen LogP contribution in [0.25, 0.3) is 0 Å². The first-order chi connectivity index (χ1) is 6.46. The molecule has 1 aliphatic rings. The minimum atomic E-state index is 0.181. The van der Waals surface area contributed by atoms with Crippen molar-refractivity contribution >= 4 is 0 Å². The van der Waals surface area contributed by atoms with Gasteiger partial charge in [0.2, 0.25) is 0 Å². The van der Waals surface area contributed by atoms with Gasteiger partial charge in [-0.05, 0) is 18.3 Å². The average molecular weight is 199 g/mol. The van der Waals surface area contributed by atoms with Crippen molar-refractivity contribution in [3.63, 3.8) is 0 Å². The van der Waals surface area contributed by atoms with Gasteiger partial charge in [-0.1, -0.05) is 34.6 Å². The van der Waals surface area contributed by atoms with Crippen molar-refractivity contribution in [2.45, 2.75) is 53.2 Å². The third-order valence-electron chi connectivity index (χ3n) is 4.12. The van der Waals surface area contributed by atoms with Crippen molar-refractivity contribution < 1.29 is 4.74 Å². The maximum atomic E-state index is 6.35. The lowest BCUT2D eigenvalue weighted by atomic mass is 9.65. The van der Waals surface area contributed by atoms with Crippen LogP contribution in [0.2, 0.25) is 0 Å². The van der Waals surface area contributed by atoms with Gasteiger partial charge >= 0.3 is 0 Å². The summed E-state index contributed by atoms with van der Waals surface area (Å²) in [5, 5.41) is 0. The van der Waals surface area contributed by atoms with Gasteiger partial charge in [-0.3, -0.25) is 0 Å². The topological polar surface area (TPSA) is 35.2 Å². The van der Waals surface area contributed by atoms with Crippen LogP contribution < -0.4 is 5.73 Å². The van der Waals surface area contributed by atoms with E-state index >= 15 is 0 Å². The fourth-order valence-electron chi connectivity index (χ4n) is 2.94. The quantitative estimate of drug-likeness (QED) is 0.757. The fourth-order valence-corrected chi connectivity index (χ4v) is 2.94. The second-order valence-electron chi connectivity index (χ2n) is 5.21. The van der Waals surface area contributed by atoms with Crippen molar-refractivity contribution in [3.05, 3.63) is 0 Å². The second kappa shape index (κ2) is 4.19. The number of rotatable bonds is 3. The molecule has 14 heavy (non-hydrogen) atoms. The van der Waals surface area contributed by atoms with Crippen LogP contribution in [0.5, 0.6) is 0 Å². The minimum Gasteiger partial charge on any atom is -0.376 e. The molecule has 0 aromatic rings. The Morgan fingerprint density at radius 3 is 2.00 bits per heavy atom. The molecule has 0 saturated carbocycles. The Labute approximate surface area is 88.2 Å².